The first-order chi connectivity index (χ1) is 17.9. The third kappa shape index (κ3) is 9.48. The summed E-state index contributed by atoms with van der Waals surface area (Å²) in [5.74, 6) is -2.31. The zero-order valence-electron chi connectivity index (χ0n) is 20.2. The van der Waals surface area contributed by atoms with E-state index in [9.17, 15) is 19.2 Å². The molecule has 37 heavy (non-hydrogen) atoms. The second-order valence-corrected chi connectivity index (χ2v) is 8.26. The molecule has 3 rings (SSSR count). The summed E-state index contributed by atoms with van der Waals surface area (Å²) in [5.41, 5.74) is 7.76. The van der Waals surface area contributed by atoms with Gasteiger partial charge in [-0.3, -0.25) is 14.4 Å². The molecule has 3 aromatic rings. The van der Waals surface area contributed by atoms with E-state index in [0.29, 0.717) is 0 Å². The van der Waals surface area contributed by atoms with Crippen LogP contribution in [-0.4, -0.2) is 36.0 Å². The molecule has 0 aromatic heterocycles. The normalized spacial score (nSPS) is 12.0. The van der Waals surface area contributed by atoms with E-state index in [1.807, 2.05) is 30.3 Å². The number of nitrogens with two attached hydrogens (primary N) is 1. The van der Waals surface area contributed by atoms with E-state index >= 15 is 0 Å². The van der Waals surface area contributed by atoms with Crippen LogP contribution in [0.3, 0.4) is 0 Å². The third-order valence-electron chi connectivity index (χ3n) is 5.38. The lowest BCUT2D eigenvalue weighted by Gasteiger charge is -2.21. The van der Waals surface area contributed by atoms with Gasteiger partial charge >= 0.3 is 12.1 Å². The van der Waals surface area contributed by atoms with E-state index in [1.54, 1.807) is 60.7 Å². The van der Waals surface area contributed by atoms with Crippen LogP contribution in [0.15, 0.2) is 91.0 Å². The molecular weight excluding hydrogens is 474 g/mol. The number of primary amides is 1. The van der Waals surface area contributed by atoms with Crippen LogP contribution < -0.4 is 16.4 Å². The Morgan fingerprint density at radius 2 is 1.14 bits per heavy atom. The third-order valence-corrected chi connectivity index (χ3v) is 5.38. The summed E-state index contributed by atoms with van der Waals surface area (Å²) in [4.78, 5) is 49.8. The number of carbonyl (C=O) groups excluding carboxylic acids is 4. The Morgan fingerprint density at radius 3 is 1.65 bits per heavy atom. The summed E-state index contributed by atoms with van der Waals surface area (Å²) in [7, 11) is 0. The van der Waals surface area contributed by atoms with Crippen LogP contribution in [0.25, 0.3) is 0 Å². The molecule has 0 saturated carbocycles. The monoisotopic (exact) mass is 503 g/mol. The Morgan fingerprint density at radius 1 is 0.649 bits per heavy atom. The fraction of sp³-hybridized carbons (Fsp3) is 0.214. The molecule has 0 radical (unpaired) electrons. The average Bonchev–Trinajstić information content (AvgIpc) is 2.91. The van der Waals surface area contributed by atoms with Gasteiger partial charge in [-0.1, -0.05) is 91.0 Å². The number of hydrogen-bond donors (Lipinski definition) is 3. The highest BCUT2D eigenvalue weighted by molar-refractivity contribution is 5.93. The summed E-state index contributed by atoms with van der Waals surface area (Å²) < 4.78 is 10.4. The second-order valence-electron chi connectivity index (χ2n) is 8.26. The van der Waals surface area contributed by atoms with Gasteiger partial charge in [-0.25, -0.2) is 4.79 Å². The minimum atomic E-state index is -1.32. The van der Waals surface area contributed by atoms with Crippen molar-refractivity contribution in [2.75, 3.05) is 0 Å². The molecule has 192 valence electrons. The van der Waals surface area contributed by atoms with E-state index in [4.69, 9.17) is 15.2 Å². The highest BCUT2D eigenvalue weighted by atomic mass is 16.5. The number of esters is 1. The zero-order valence-corrected chi connectivity index (χ0v) is 20.2. The van der Waals surface area contributed by atoms with Crippen LogP contribution in [0.5, 0.6) is 0 Å². The summed E-state index contributed by atoms with van der Waals surface area (Å²) in [6.07, 6.45) is -1.14. The summed E-state index contributed by atoms with van der Waals surface area (Å²) in [6.45, 7) is 0.0358. The van der Waals surface area contributed by atoms with Gasteiger partial charge in [-0.05, 0) is 16.7 Å². The number of hydrogen-bond acceptors (Lipinski definition) is 6. The predicted octanol–water partition coefficient (Wildman–Crippen LogP) is 2.63. The molecule has 3 amide bonds. The zero-order chi connectivity index (χ0) is 26.5. The van der Waals surface area contributed by atoms with Gasteiger partial charge in [0.15, 0.2) is 0 Å². The molecule has 0 aliphatic rings. The number of alkyl carbamates (subject to hydrolysis) is 1. The van der Waals surface area contributed by atoms with Gasteiger partial charge in [0.25, 0.3) is 0 Å². The standard InChI is InChI=1S/C28H29N3O6/c29-26(33)23(17-25(32)36-18-21-12-6-2-7-13-21)30-27(34)24(16-20-10-4-1-5-11-20)31-28(35)37-19-22-14-8-3-9-15-22/h1-15,23-24H,16-19H2,(H2,29,33)(H,30,34)(H,31,35)/t23-,24+/m1/s1. The lowest BCUT2D eigenvalue weighted by Crippen LogP contribution is -2.54. The second kappa shape index (κ2) is 14.0. The molecule has 0 aliphatic heterocycles. The van der Waals surface area contributed by atoms with Crippen molar-refractivity contribution < 1.29 is 28.7 Å². The molecule has 0 spiro atoms. The van der Waals surface area contributed by atoms with E-state index in [2.05, 4.69) is 10.6 Å². The van der Waals surface area contributed by atoms with E-state index in [1.165, 1.54) is 0 Å². The lowest BCUT2D eigenvalue weighted by atomic mass is 10.0. The fourth-order valence-corrected chi connectivity index (χ4v) is 3.42. The average molecular weight is 504 g/mol. The van der Waals surface area contributed by atoms with Gasteiger partial charge in [-0.2, -0.15) is 0 Å². The Kier molecular flexibility index (Phi) is 10.2. The Hall–Kier alpha value is -4.66. The number of benzene rings is 3. The van der Waals surface area contributed by atoms with Crippen molar-refractivity contribution in [2.24, 2.45) is 5.73 Å². The van der Waals surface area contributed by atoms with Gasteiger partial charge in [0.1, 0.15) is 25.3 Å². The highest BCUT2D eigenvalue weighted by Gasteiger charge is 2.28. The highest BCUT2D eigenvalue weighted by Crippen LogP contribution is 2.07. The van der Waals surface area contributed by atoms with E-state index in [-0.39, 0.29) is 19.6 Å². The maximum Gasteiger partial charge on any atom is 0.408 e. The van der Waals surface area contributed by atoms with Gasteiger partial charge < -0.3 is 25.8 Å². The maximum absolute atomic E-state index is 13.1. The van der Waals surface area contributed by atoms with Crippen molar-refractivity contribution >= 4 is 23.9 Å². The first-order valence-corrected chi connectivity index (χ1v) is 11.7. The SMILES string of the molecule is NC(=O)[C@@H](CC(=O)OCc1ccccc1)NC(=O)[C@H](Cc1ccccc1)NC(=O)OCc1ccccc1. The molecule has 3 aromatic carbocycles. The van der Waals surface area contributed by atoms with Gasteiger partial charge in [-0.15, -0.1) is 0 Å². The summed E-state index contributed by atoms with van der Waals surface area (Å²) in [6, 6.07) is 24.7. The number of amides is 3. The first-order valence-electron chi connectivity index (χ1n) is 11.7. The Balaban J connectivity index is 1.61. The predicted molar refractivity (Wildman–Crippen MR) is 136 cm³/mol. The largest absolute Gasteiger partial charge is 0.461 e. The van der Waals surface area contributed by atoms with Crippen LogP contribution in [0, 0.1) is 0 Å². The molecule has 0 saturated heterocycles. The molecule has 0 aliphatic carbocycles. The summed E-state index contributed by atoms with van der Waals surface area (Å²) >= 11 is 0. The maximum atomic E-state index is 13.1. The van der Waals surface area contributed by atoms with Crippen molar-refractivity contribution in [1.82, 2.24) is 10.6 Å². The van der Waals surface area contributed by atoms with Crippen molar-refractivity contribution in [3.8, 4) is 0 Å². The number of nitrogens with one attached hydrogen (secondary N) is 2. The minimum absolute atomic E-state index is 0.0174. The van der Waals surface area contributed by atoms with Crippen LogP contribution in [0.4, 0.5) is 4.79 Å². The van der Waals surface area contributed by atoms with Gasteiger partial charge in [0.05, 0.1) is 6.42 Å². The number of carbonyl (C=O) groups is 4. The molecule has 0 unspecified atom stereocenters. The minimum Gasteiger partial charge on any atom is -0.461 e. The Bertz CT molecular complexity index is 1170. The van der Waals surface area contributed by atoms with Crippen molar-refractivity contribution in [3.63, 3.8) is 0 Å². The molecule has 4 N–H and O–H groups in total. The molecule has 9 heteroatoms. The topological polar surface area (TPSA) is 137 Å². The van der Waals surface area contributed by atoms with Crippen molar-refractivity contribution in [2.45, 2.75) is 38.1 Å². The van der Waals surface area contributed by atoms with Crippen molar-refractivity contribution in [1.29, 1.82) is 0 Å². The summed E-state index contributed by atoms with van der Waals surface area (Å²) in [5, 5.41) is 5.00. The van der Waals surface area contributed by atoms with Crippen LogP contribution in [-0.2, 0) is 43.5 Å². The molecule has 0 fully saturated rings. The van der Waals surface area contributed by atoms with Gasteiger partial charge in [0, 0.05) is 6.42 Å². The quantitative estimate of drug-likeness (QED) is 0.325. The molecular formula is C28H29N3O6. The van der Waals surface area contributed by atoms with Gasteiger partial charge in [0.2, 0.25) is 11.8 Å². The van der Waals surface area contributed by atoms with Crippen LogP contribution in [0.2, 0.25) is 0 Å². The van der Waals surface area contributed by atoms with Crippen LogP contribution >= 0.6 is 0 Å². The first kappa shape index (κ1) is 26.9. The fourth-order valence-electron chi connectivity index (χ4n) is 3.42. The van der Waals surface area contributed by atoms with E-state index < -0.39 is 42.4 Å². The number of ether oxygens (including phenoxy) is 2. The molecule has 0 bridgehead atoms. The molecule has 9 nitrogen and oxygen atoms in total. The number of rotatable bonds is 12. The molecule has 0 heterocycles. The lowest BCUT2D eigenvalue weighted by molar-refractivity contribution is -0.147. The van der Waals surface area contributed by atoms with E-state index in [0.717, 1.165) is 16.7 Å². The van der Waals surface area contributed by atoms with Crippen molar-refractivity contribution in [3.05, 3.63) is 108 Å². The Labute approximate surface area is 215 Å². The van der Waals surface area contributed by atoms with Crippen LogP contribution in [0.1, 0.15) is 23.1 Å². The smallest absolute Gasteiger partial charge is 0.408 e. The molecule has 2 atom stereocenters.